The van der Waals surface area contributed by atoms with E-state index < -0.39 is 33.1 Å². The van der Waals surface area contributed by atoms with Gasteiger partial charge in [0.25, 0.3) is 0 Å². The summed E-state index contributed by atoms with van der Waals surface area (Å²) in [6.45, 7) is -0.985. The van der Waals surface area contributed by atoms with E-state index in [9.17, 15) is 8.94 Å². The molecule has 0 spiro atoms. The van der Waals surface area contributed by atoms with Crippen LogP contribution in [0, 0.1) is 0 Å². The van der Waals surface area contributed by atoms with Crippen molar-refractivity contribution < 1.29 is 23.3 Å². The summed E-state index contributed by atoms with van der Waals surface area (Å²) in [7, 11) is 0. The van der Waals surface area contributed by atoms with E-state index in [0.717, 1.165) is 0 Å². The molecular weight excluding hydrogens is 337 g/mol. The molecule has 0 radical (unpaired) electrons. The number of aliphatic hydroxyl groups excluding tert-OH is 2. The Labute approximate surface area is 97.7 Å². The molecule has 1 aromatic rings. The van der Waals surface area contributed by atoms with Crippen molar-refractivity contribution >= 4 is 34.7 Å². The van der Waals surface area contributed by atoms with Crippen LogP contribution in [0.4, 0.5) is 0 Å². The van der Waals surface area contributed by atoms with Crippen molar-refractivity contribution in [1.82, 2.24) is 4.98 Å². The standard InChI is InChI=1S/C7H8BrNO5Se/c8-6-4(2-11)3(1-10)5(12)7(9-6)15(13)14/h10-12H,1-2H2,(H,13,14). The van der Waals surface area contributed by atoms with Crippen LogP contribution in [0.25, 0.3) is 0 Å². The van der Waals surface area contributed by atoms with Gasteiger partial charge in [0.05, 0.1) is 0 Å². The third kappa shape index (κ3) is 2.41. The maximum atomic E-state index is 10.9. The molecule has 0 aliphatic heterocycles. The van der Waals surface area contributed by atoms with E-state index in [1.165, 1.54) is 0 Å². The van der Waals surface area contributed by atoms with Gasteiger partial charge in [-0.2, -0.15) is 0 Å². The van der Waals surface area contributed by atoms with E-state index in [1.807, 2.05) is 0 Å². The minimum absolute atomic E-state index is 0.00743. The summed E-state index contributed by atoms with van der Waals surface area (Å²) in [5.74, 6) is -0.535. The Morgan fingerprint density at radius 3 is 2.20 bits per heavy atom. The van der Waals surface area contributed by atoms with Gasteiger partial charge in [-0.15, -0.1) is 0 Å². The second kappa shape index (κ2) is 5.11. The Kier molecular flexibility index (Phi) is 4.32. The third-order valence-corrected chi connectivity index (χ3v) is 3.73. The summed E-state index contributed by atoms with van der Waals surface area (Å²) in [5.41, 5.74) is 0.207. The summed E-state index contributed by atoms with van der Waals surface area (Å²) in [5, 5.41) is 27.4. The summed E-state index contributed by atoms with van der Waals surface area (Å²) in [4.78, 5) is 3.64. The molecule has 0 fully saturated rings. The SMILES string of the molecule is O=[Se](O)c1nc(Br)c(CO)c(CO)c1O. The molecular formula is C7H8BrNO5Se. The Morgan fingerprint density at radius 1 is 1.27 bits per heavy atom. The molecule has 0 aromatic carbocycles. The van der Waals surface area contributed by atoms with Gasteiger partial charge in [-0.25, -0.2) is 0 Å². The summed E-state index contributed by atoms with van der Waals surface area (Å²) < 4.78 is 19.5. The van der Waals surface area contributed by atoms with E-state index in [4.69, 9.17) is 14.4 Å². The summed E-state index contributed by atoms with van der Waals surface area (Å²) in [6.07, 6.45) is 0. The Hall–Kier alpha value is -0.371. The molecule has 84 valence electrons. The normalized spacial score (nSPS) is 12.8. The van der Waals surface area contributed by atoms with Gasteiger partial charge in [0, 0.05) is 0 Å². The summed E-state index contributed by atoms with van der Waals surface area (Å²) >= 11 is -0.395. The predicted octanol–water partition coefficient (Wildman–Crippen LogP) is -1.35. The molecule has 0 aliphatic carbocycles. The molecule has 6 nitrogen and oxygen atoms in total. The topological polar surface area (TPSA) is 111 Å². The predicted molar refractivity (Wildman–Crippen MR) is 53.7 cm³/mol. The zero-order valence-electron chi connectivity index (χ0n) is 7.34. The van der Waals surface area contributed by atoms with Crippen molar-refractivity contribution in [2.24, 2.45) is 0 Å². The fraction of sp³-hybridized carbons (Fsp3) is 0.286. The molecule has 4 N–H and O–H groups in total. The molecule has 1 heterocycles. The molecule has 0 amide bonds. The van der Waals surface area contributed by atoms with Gasteiger partial charge >= 0.3 is 97.7 Å². The zero-order chi connectivity index (χ0) is 11.6. The number of hydrogen-bond acceptors (Lipinski definition) is 5. The Balaban J connectivity index is 3.51. The van der Waals surface area contributed by atoms with Crippen LogP contribution in [-0.2, 0) is 17.0 Å². The molecule has 0 saturated heterocycles. The first-order valence-electron chi connectivity index (χ1n) is 3.75. The second-order valence-electron chi connectivity index (χ2n) is 2.58. The number of nitrogens with zero attached hydrogens (tertiary/aromatic N) is 1. The fourth-order valence-corrected chi connectivity index (χ4v) is 2.83. The second-order valence-corrected chi connectivity index (χ2v) is 5.19. The molecule has 0 saturated carbocycles. The van der Waals surface area contributed by atoms with Gasteiger partial charge in [-0.05, 0) is 0 Å². The first kappa shape index (κ1) is 12.7. The van der Waals surface area contributed by atoms with Crippen LogP contribution in [0.15, 0.2) is 4.60 Å². The molecule has 1 aromatic heterocycles. The van der Waals surface area contributed by atoms with Crippen LogP contribution < -0.4 is 4.59 Å². The number of aromatic hydroxyl groups is 1. The van der Waals surface area contributed by atoms with Crippen molar-refractivity contribution in [3.05, 3.63) is 15.7 Å². The molecule has 1 atom stereocenters. The van der Waals surface area contributed by atoms with Crippen LogP contribution in [0.2, 0.25) is 0 Å². The van der Waals surface area contributed by atoms with E-state index in [1.54, 1.807) is 0 Å². The number of halogens is 1. The Morgan fingerprint density at radius 2 is 1.80 bits per heavy atom. The summed E-state index contributed by atoms with van der Waals surface area (Å²) in [6, 6.07) is 0. The van der Waals surface area contributed by atoms with E-state index in [0.29, 0.717) is 0 Å². The van der Waals surface area contributed by atoms with Gasteiger partial charge in [-0.3, -0.25) is 0 Å². The van der Waals surface area contributed by atoms with Crippen molar-refractivity contribution in [3.63, 3.8) is 0 Å². The monoisotopic (exact) mass is 345 g/mol. The van der Waals surface area contributed by atoms with Crippen LogP contribution >= 0.6 is 15.9 Å². The van der Waals surface area contributed by atoms with Crippen molar-refractivity contribution in [2.45, 2.75) is 13.2 Å². The molecule has 0 aliphatic rings. The first-order valence-corrected chi connectivity index (χ1v) is 6.87. The number of hydrogen-bond donors (Lipinski definition) is 4. The van der Waals surface area contributed by atoms with Crippen LogP contribution in [0.5, 0.6) is 5.75 Å². The number of rotatable bonds is 3. The molecule has 1 unspecified atom stereocenters. The van der Waals surface area contributed by atoms with Gasteiger partial charge in [0.2, 0.25) is 0 Å². The minimum atomic E-state index is -3.37. The van der Waals surface area contributed by atoms with Crippen LogP contribution in [0.1, 0.15) is 11.1 Å². The average Bonchev–Trinajstić information content (AvgIpc) is 2.19. The zero-order valence-corrected chi connectivity index (χ0v) is 10.6. The van der Waals surface area contributed by atoms with Crippen molar-refractivity contribution in [1.29, 1.82) is 0 Å². The van der Waals surface area contributed by atoms with E-state index >= 15 is 0 Å². The number of pyridine rings is 1. The molecule has 15 heavy (non-hydrogen) atoms. The number of aliphatic hydroxyl groups is 2. The maximum absolute atomic E-state index is 10.9. The van der Waals surface area contributed by atoms with E-state index in [-0.39, 0.29) is 20.3 Å². The van der Waals surface area contributed by atoms with Crippen molar-refractivity contribution in [3.8, 4) is 5.75 Å². The van der Waals surface area contributed by atoms with Gasteiger partial charge in [0.1, 0.15) is 0 Å². The molecule has 1 rings (SSSR count). The van der Waals surface area contributed by atoms with Crippen LogP contribution in [0.3, 0.4) is 0 Å². The number of aromatic nitrogens is 1. The molecule has 8 heteroatoms. The quantitative estimate of drug-likeness (QED) is 0.398. The fourth-order valence-electron chi connectivity index (χ4n) is 1.06. The van der Waals surface area contributed by atoms with Crippen molar-refractivity contribution in [2.75, 3.05) is 0 Å². The van der Waals surface area contributed by atoms with E-state index in [2.05, 4.69) is 20.9 Å². The van der Waals surface area contributed by atoms with Crippen LogP contribution in [-0.4, -0.2) is 38.7 Å². The molecule has 0 bridgehead atoms. The average molecular weight is 345 g/mol. The van der Waals surface area contributed by atoms with Gasteiger partial charge in [-0.1, -0.05) is 0 Å². The van der Waals surface area contributed by atoms with Gasteiger partial charge in [0.15, 0.2) is 0 Å². The van der Waals surface area contributed by atoms with Gasteiger partial charge < -0.3 is 0 Å². The Bertz CT molecular complexity index is 411. The first-order chi connectivity index (χ1) is 7.02. The third-order valence-electron chi connectivity index (χ3n) is 1.78.